The van der Waals surface area contributed by atoms with Crippen LogP contribution in [0.5, 0.6) is 0 Å². The number of anilines is 1. The first-order chi connectivity index (χ1) is 7.04. The average molecular weight is 226 g/mol. The summed E-state index contributed by atoms with van der Waals surface area (Å²) >= 11 is 5.60. The van der Waals surface area contributed by atoms with E-state index in [1.807, 2.05) is 44.1 Å². The molecule has 1 rings (SSSR count). The number of aliphatic imine (C=N–C) groups is 1. The number of aryl methyl sites for hydroxylation is 1. The van der Waals surface area contributed by atoms with Gasteiger partial charge in [0, 0.05) is 14.1 Å². The Labute approximate surface area is 95.6 Å². The first kappa shape index (κ1) is 11.9. The molecule has 0 aliphatic carbocycles. The molecule has 2 N–H and O–H groups in total. The van der Waals surface area contributed by atoms with Gasteiger partial charge in [0.15, 0.2) is 0 Å². The molecule has 0 amide bonds. The second-order valence-corrected chi connectivity index (χ2v) is 3.89. The maximum Gasteiger partial charge on any atom is 0.115 e. The third-order valence-electron chi connectivity index (χ3n) is 2.01. The minimum absolute atomic E-state index is 0.251. The van der Waals surface area contributed by atoms with Gasteiger partial charge in [-0.05, 0) is 24.6 Å². The summed E-state index contributed by atoms with van der Waals surface area (Å²) in [6.07, 6.45) is 0. The molecule has 0 heterocycles. The molecule has 0 saturated carbocycles. The molecule has 0 aliphatic heterocycles. The molecule has 0 atom stereocenters. The second-order valence-electron chi connectivity index (χ2n) is 3.62. The fraction of sp³-hybridized carbons (Fsp3) is 0.364. The summed E-state index contributed by atoms with van der Waals surface area (Å²) in [5.74, 6) is 0.686. The van der Waals surface area contributed by atoms with Crippen LogP contribution in [-0.4, -0.2) is 25.8 Å². The normalized spacial score (nSPS) is 11.6. The maximum absolute atomic E-state index is 5.62. The van der Waals surface area contributed by atoms with Crippen molar-refractivity contribution in [2.75, 3.05) is 24.9 Å². The average Bonchev–Trinajstić information content (AvgIpc) is 2.17. The summed E-state index contributed by atoms with van der Waals surface area (Å²) < 4.78 is 0. The molecule has 82 valence electrons. The van der Waals surface area contributed by atoms with Gasteiger partial charge in [-0.25, -0.2) is 4.99 Å². The van der Waals surface area contributed by atoms with E-state index >= 15 is 0 Å². The molecule has 1 aromatic rings. The molecular weight excluding hydrogens is 210 g/mol. The molecule has 0 unspecified atom stereocenters. The summed E-state index contributed by atoms with van der Waals surface area (Å²) in [6.45, 7) is 2.02. The van der Waals surface area contributed by atoms with Gasteiger partial charge >= 0.3 is 0 Å². The van der Waals surface area contributed by atoms with Crippen LogP contribution in [0.1, 0.15) is 5.56 Å². The molecule has 0 aromatic heterocycles. The van der Waals surface area contributed by atoms with Crippen LogP contribution < -0.4 is 10.6 Å². The highest BCUT2D eigenvalue weighted by molar-refractivity contribution is 6.28. The summed E-state index contributed by atoms with van der Waals surface area (Å²) in [4.78, 5) is 6.28. The Morgan fingerprint density at radius 2 is 2.13 bits per heavy atom. The zero-order valence-corrected chi connectivity index (χ0v) is 10.0. The highest BCUT2D eigenvalue weighted by Crippen LogP contribution is 2.28. The summed E-state index contributed by atoms with van der Waals surface area (Å²) in [5, 5.41) is 0. The minimum atomic E-state index is 0.251. The Balaban J connectivity index is 3.19. The van der Waals surface area contributed by atoms with Crippen LogP contribution >= 0.6 is 11.6 Å². The summed E-state index contributed by atoms with van der Waals surface area (Å²) in [7, 11) is 3.95. The first-order valence-electron chi connectivity index (χ1n) is 4.71. The lowest BCUT2D eigenvalue weighted by Crippen LogP contribution is -2.13. The van der Waals surface area contributed by atoms with Gasteiger partial charge < -0.3 is 10.6 Å². The molecule has 1 aromatic carbocycles. The van der Waals surface area contributed by atoms with Crippen molar-refractivity contribution in [1.82, 2.24) is 0 Å². The van der Waals surface area contributed by atoms with Crippen molar-refractivity contribution in [2.24, 2.45) is 10.7 Å². The number of rotatable bonds is 3. The fourth-order valence-electron chi connectivity index (χ4n) is 1.29. The van der Waals surface area contributed by atoms with Gasteiger partial charge in [-0.3, -0.25) is 0 Å². The highest BCUT2D eigenvalue weighted by atomic mass is 35.5. The molecule has 0 fully saturated rings. The van der Waals surface area contributed by atoms with Gasteiger partial charge in [0.1, 0.15) is 5.84 Å². The standard InChI is InChI=1S/C11H16ClN3/c1-8-4-5-10(15(2)3)9(6-8)14-11(13)7-12/h4-6H,7H2,1-3H3,(H2,13,14). The topological polar surface area (TPSA) is 41.6 Å². The largest absolute Gasteiger partial charge is 0.386 e. The lowest BCUT2D eigenvalue weighted by molar-refractivity contribution is 1.12. The Hall–Kier alpha value is -1.22. The molecule has 0 bridgehead atoms. The number of alkyl halides is 1. The molecule has 3 nitrogen and oxygen atoms in total. The molecule has 0 aliphatic rings. The van der Waals surface area contributed by atoms with Crippen LogP contribution in [0.2, 0.25) is 0 Å². The fourth-order valence-corrected chi connectivity index (χ4v) is 1.35. The van der Waals surface area contributed by atoms with Gasteiger partial charge in [-0.15, -0.1) is 11.6 Å². The Morgan fingerprint density at radius 1 is 1.47 bits per heavy atom. The zero-order chi connectivity index (χ0) is 11.4. The van der Waals surface area contributed by atoms with E-state index in [9.17, 15) is 0 Å². The number of nitrogens with zero attached hydrogens (tertiary/aromatic N) is 2. The number of benzene rings is 1. The molecule has 0 radical (unpaired) electrons. The Bertz CT molecular complexity index is 372. The van der Waals surface area contributed by atoms with Gasteiger partial charge in [-0.1, -0.05) is 6.07 Å². The van der Waals surface area contributed by atoms with Crippen LogP contribution in [0.3, 0.4) is 0 Å². The van der Waals surface area contributed by atoms with Crippen molar-refractivity contribution >= 4 is 28.8 Å². The van der Waals surface area contributed by atoms with Gasteiger partial charge in [-0.2, -0.15) is 0 Å². The highest BCUT2D eigenvalue weighted by Gasteiger charge is 2.04. The maximum atomic E-state index is 5.62. The van der Waals surface area contributed by atoms with Crippen molar-refractivity contribution in [2.45, 2.75) is 6.92 Å². The van der Waals surface area contributed by atoms with Gasteiger partial charge in [0.2, 0.25) is 0 Å². The van der Waals surface area contributed by atoms with Crippen LogP contribution in [0.15, 0.2) is 23.2 Å². The van der Waals surface area contributed by atoms with E-state index in [1.165, 1.54) is 0 Å². The van der Waals surface area contributed by atoms with E-state index < -0.39 is 0 Å². The van der Waals surface area contributed by atoms with Gasteiger partial charge in [0.25, 0.3) is 0 Å². The summed E-state index contributed by atoms with van der Waals surface area (Å²) in [5.41, 5.74) is 8.67. The Kier molecular flexibility index (Phi) is 3.97. The molecule has 4 heteroatoms. The van der Waals surface area contributed by atoms with Gasteiger partial charge in [0.05, 0.1) is 17.3 Å². The van der Waals surface area contributed by atoms with E-state index in [2.05, 4.69) is 4.99 Å². The van der Waals surface area contributed by atoms with Crippen molar-refractivity contribution < 1.29 is 0 Å². The van der Waals surface area contributed by atoms with Crippen molar-refractivity contribution in [3.05, 3.63) is 23.8 Å². The third-order valence-corrected chi connectivity index (χ3v) is 2.29. The molecule has 15 heavy (non-hydrogen) atoms. The SMILES string of the molecule is Cc1ccc(N(C)C)c(N=C(N)CCl)c1. The van der Waals surface area contributed by atoms with E-state index in [1.54, 1.807) is 0 Å². The quantitative estimate of drug-likeness (QED) is 0.487. The van der Waals surface area contributed by atoms with E-state index in [0.29, 0.717) is 5.84 Å². The van der Waals surface area contributed by atoms with Crippen LogP contribution in [0.4, 0.5) is 11.4 Å². The monoisotopic (exact) mass is 225 g/mol. The third kappa shape index (κ3) is 3.13. The van der Waals surface area contributed by atoms with E-state index in [0.717, 1.165) is 16.9 Å². The number of halogens is 1. The lowest BCUT2D eigenvalue weighted by atomic mass is 10.2. The first-order valence-corrected chi connectivity index (χ1v) is 5.25. The number of amidine groups is 1. The number of hydrogen-bond donors (Lipinski definition) is 1. The van der Waals surface area contributed by atoms with E-state index in [4.69, 9.17) is 17.3 Å². The smallest absolute Gasteiger partial charge is 0.115 e. The predicted octanol–water partition coefficient (Wildman–Crippen LogP) is 2.29. The van der Waals surface area contributed by atoms with Crippen molar-refractivity contribution in [1.29, 1.82) is 0 Å². The molecule has 0 spiro atoms. The lowest BCUT2D eigenvalue weighted by Gasteiger charge is -2.15. The van der Waals surface area contributed by atoms with Crippen molar-refractivity contribution in [3.8, 4) is 0 Å². The number of nitrogens with two attached hydrogens (primary N) is 1. The zero-order valence-electron chi connectivity index (χ0n) is 9.29. The number of hydrogen-bond acceptors (Lipinski definition) is 2. The predicted molar refractivity (Wildman–Crippen MR) is 67.5 cm³/mol. The minimum Gasteiger partial charge on any atom is -0.386 e. The second kappa shape index (κ2) is 5.03. The molecule has 0 saturated heterocycles. The van der Waals surface area contributed by atoms with Crippen LogP contribution in [0, 0.1) is 6.92 Å². The van der Waals surface area contributed by atoms with Crippen LogP contribution in [0.25, 0.3) is 0 Å². The Morgan fingerprint density at radius 3 is 2.67 bits per heavy atom. The van der Waals surface area contributed by atoms with E-state index in [-0.39, 0.29) is 5.88 Å². The van der Waals surface area contributed by atoms with Crippen LogP contribution in [-0.2, 0) is 0 Å². The molecular formula is C11H16ClN3. The van der Waals surface area contributed by atoms with Crippen molar-refractivity contribution in [3.63, 3.8) is 0 Å². The summed E-state index contributed by atoms with van der Waals surface area (Å²) in [6, 6.07) is 6.07.